The number of imidazole rings is 1. The van der Waals surface area contributed by atoms with Crippen molar-refractivity contribution in [3.8, 4) is 17.3 Å². The van der Waals surface area contributed by atoms with Crippen LogP contribution >= 0.6 is 0 Å². The van der Waals surface area contributed by atoms with E-state index in [9.17, 15) is 0 Å². The number of nitrogens with zero attached hydrogens (tertiary/aromatic N) is 5. The van der Waals surface area contributed by atoms with E-state index in [0.717, 1.165) is 11.1 Å². The van der Waals surface area contributed by atoms with Gasteiger partial charge in [0.2, 0.25) is 11.9 Å². The number of anilines is 1. The highest BCUT2D eigenvalue weighted by Gasteiger charge is 2.10. The molecule has 1 aromatic carbocycles. The lowest BCUT2D eigenvalue weighted by molar-refractivity contribution is 0.901. The van der Waals surface area contributed by atoms with Gasteiger partial charge in [-0.1, -0.05) is 24.3 Å². The predicted molar refractivity (Wildman–Crippen MR) is 76.7 cm³/mol. The monoisotopic (exact) mass is 266 g/mol. The summed E-state index contributed by atoms with van der Waals surface area (Å²) in [5, 5.41) is 2.96. The van der Waals surface area contributed by atoms with Crippen LogP contribution in [0.4, 0.5) is 5.95 Å². The van der Waals surface area contributed by atoms with Crippen LogP contribution in [0.15, 0.2) is 43.0 Å². The molecule has 0 saturated carbocycles. The molecule has 3 rings (SSSR count). The fraction of sp³-hybridized carbons (Fsp3) is 0.143. The molecule has 0 spiro atoms. The van der Waals surface area contributed by atoms with Gasteiger partial charge in [-0.05, 0) is 12.5 Å². The summed E-state index contributed by atoms with van der Waals surface area (Å²) < 4.78 is 1.75. The van der Waals surface area contributed by atoms with Crippen LogP contribution in [0.1, 0.15) is 5.56 Å². The summed E-state index contributed by atoms with van der Waals surface area (Å²) in [6, 6.07) is 8.01. The van der Waals surface area contributed by atoms with Gasteiger partial charge in [0, 0.05) is 25.0 Å². The van der Waals surface area contributed by atoms with E-state index in [-0.39, 0.29) is 0 Å². The van der Waals surface area contributed by atoms with Gasteiger partial charge in [-0.2, -0.15) is 15.0 Å². The molecule has 0 unspecified atom stereocenters. The van der Waals surface area contributed by atoms with Gasteiger partial charge in [0.25, 0.3) is 0 Å². The predicted octanol–water partition coefficient (Wildman–Crippen LogP) is 2.07. The van der Waals surface area contributed by atoms with E-state index in [4.69, 9.17) is 0 Å². The summed E-state index contributed by atoms with van der Waals surface area (Å²) in [4.78, 5) is 17.3. The molecule has 3 aromatic rings. The number of hydrogen-bond donors (Lipinski definition) is 1. The maximum Gasteiger partial charge on any atom is 0.240 e. The molecular weight excluding hydrogens is 252 g/mol. The lowest BCUT2D eigenvalue weighted by Gasteiger charge is -2.08. The Balaban J connectivity index is 2.17. The van der Waals surface area contributed by atoms with E-state index in [0.29, 0.717) is 17.7 Å². The molecule has 0 amide bonds. The lowest BCUT2D eigenvalue weighted by Crippen LogP contribution is -2.07. The van der Waals surface area contributed by atoms with Crippen LogP contribution in [0.25, 0.3) is 17.3 Å². The Labute approximate surface area is 116 Å². The van der Waals surface area contributed by atoms with Crippen LogP contribution in [-0.4, -0.2) is 31.6 Å². The number of aryl methyl sites for hydroxylation is 1. The molecule has 6 nitrogen and oxygen atoms in total. The van der Waals surface area contributed by atoms with E-state index in [1.807, 2.05) is 31.2 Å². The van der Waals surface area contributed by atoms with Crippen molar-refractivity contribution in [2.45, 2.75) is 6.92 Å². The van der Waals surface area contributed by atoms with Crippen molar-refractivity contribution < 1.29 is 0 Å². The second kappa shape index (κ2) is 5.08. The standard InChI is InChI=1S/C14H14N6/c1-10-5-3-4-6-11(10)12-17-13(15-2)19-14(18-12)20-8-7-16-9-20/h3-9H,1-2H3,(H,15,17,18,19). The summed E-state index contributed by atoms with van der Waals surface area (Å²) in [6.45, 7) is 2.04. The van der Waals surface area contributed by atoms with Crippen molar-refractivity contribution in [2.24, 2.45) is 0 Å². The summed E-state index contributed by atoms with van der Waals surface area (Å²) in [6.07, 6.45) is 5.16. The van der Waals surface area contributed by atoms with Gasteiger partial charge < -0.3 is 5.32 Å². The first-order chi connectivity index (χ1) is 9.78. The Morgan fingerprint density at radius 2 is 1.95 bits per heavy atom. The van der Waals surface area contributed by atoms with E-state index >= 15 is 0 Å². The molecule has 0 radical (unpaired) electrons. The second-order valence-corrected chi connectivity index (χ2v) is 4.32. The van der Waals surface area contributed by atoms with Crippen LogP contribution in [0.2, 0.25) is 0 Å². The van der Waals surface area contributed by atoms with Gasteiger partial charge >= 0.3 is 0 Å². The second-order valence-electron chi connectivity index (χ2n) is 4.32. The maximum atomic E-state index is 4.52. The van der Waals surface area contributed by atoms with Crippen molar-refractivity contribution in [1.29, 1.82) is 0 Å². The van der Waals surface area contributed by atoms with Gasteiger partial charge in [-0.25, -0.2) is 4.98 Å². The van der Waals surface area contributed by atoms with E-state index < -0.39 is 0 Å². The van der Waals surface area contributed by atoms with Gasteiger partial charge in [0.1, 0.15) is 6.33 Å². The first-order valence-corrected chi connectivity index (χ1v) is 6.26. The van der Waals surface area contributed by atoms with E-state index in [1.165, 1.54) is 0 Å². The Morgan fingerprint density at radius 3 is 2.65 bits per heavy atom. The first kappa shape index (κ1) is 12.3. The zero-order valence-corrected chi connectivity index (χ0v) is 11.3. The minimum absolute atomic E-state index is 0.530. The third-order valence-electron chi connectivity index (χ3n) is 2.97. The maximum absolute atomic E-state index is 4.52. The van der Waals surface area contributed by atoms with Crippen LogP contribution < -0.4 is 5.32 Å². The van der Waals surface area contributed by atoms with Crippen molar-refractivity contribution in [2.75, 3.05) is 12.4 Å². The van der Waals surface area contributed by atoms with Crippen LogP contribution in [-0.2, 0) is 0 Å². The molecule has 100 valence electrons. The molecule has 0 fully saturated rings. The van der Waals surface area contributed by atoms with Crippen LogP contribution in [0.5, 0.6) is 0 Å². The SMILES string of the molecule is CNc1nc(-c2ccccc2C)nc(-n2ccnc2)n1. The number of hydrogen-bond acceptors (Lipinski definition) is 5. The highest BCUT2D eigenvalue weighted by Crippen LogP contribution is 2.20. The quantitative estimate of drug-likeness (QED) is 0.786. The lowest BCUT2D eigenvalue weighted by atomic mass is 10.1. The Hall–Kier alpha value is -2.76. The van der Waals surface area contributed by atoms with Gasteiger partial charge in [-0.3, -0.25) is 4.57 Å². The molecule has 1 N–H and O–H groups in total. The zero-order chi connectivity index (χ0) is 13.9. The Bertz CT molecular complexity index is 720. The number of benzene rings is 1. The van der Waals surface area contributed by atoms with Gasteiger partial charge in [0.15, 0.2) is 5.82 Å². The van der Waals surface area contributed by atoms with E-state index in [2.05, 4.69) is 25.3 Å². The summed E-state index contributed by atoms with van der Waals surface area (Å²) >= 11 is 0. The molecule has 0 atom stereocenters. The Kier molecular flexibility index (Phi) is 3.12. The zero-order valence-electron chi connectivity index (χ0n) is 11.3. The fourth-order valence-corrected chi connectivity index (χ4v) is 1.91. The molecule has 0 saturated heterocycles. The van der Waals surface area contributed by atoms with Crippen molar-refractivity contribution in [1.82, 2.24) is 24.5 Å². The minimum atomic E-state index is 0.530. The number of nitrogens with one attached hydrogen (secondary N) is 1. The third-order valence-corrected chi connectivity index (χ3v) is 2.97. The Morgan fingerprint density at radius 1 is 1.10 bits per heavy atom. The highest BCUT2D eigenvalue weighted by atomic mass is 15.2. The molecule has 6 heteroatoms. The van der Waals surface area contributed by atoms with E-state index in [1.54, 1.807) is 30.3 Å². The molecule has 2 heterocycles. The van der Waals surface area contributed by atoms with Crippen molar-refractivity contribution in [3.63, 3.8) is 0 Å². The molecule has 20 heavy (non-hydrogen) atoms. The van der Waals surface area contributed by atoms with Gasteiger partial charge in [-0.15, -0.1) is 0 Å². The van der Waals surface area contributed by atoms with Crippen molar-refractivity contribution >= 4 is 5.95 Å². The summed E-state index contributed by atoms with van der Waals surface area (Å²) in [5.74, 6) is 1.72. The molecular formula is C14H14N6. The minimum Gasteiger partial charge on any atom is -0.357 e. The topological polar surface area (TPSA) is 68.5 Å². The average Bonchev–Trinajstić information content (AvgIpc) is 3.01. The largest absolute Gasteiger partial charge is 0.357 e. The third kappa shape index (κ3) is 2.23. The summed E-state index contributed by atoms with van der Waals surface area (Å²) in [7, 11) is 1.79. The average molecular weight is 266 g/mol. The fourth-order valence-electron chi connectivity index (χ4n) is 1.91. The molecule has 0 aliphatic carbocycles. The molecule has 2 aromatic heterocycles. The summed E-state index contributed by atoms with van der Waals surface area (Å²) in [5.41, 5.74) is 2.12. The van der Waals surface area contributed by atoms with Crippen LogP contribution in [0, 0.1) is 6.92 Å². The smallest absolute Gasteiger partial charge is 0.240 e. The molecule has 0 aliphatic heterocycles. The van der Waals surface area contributed by atoms with Crippen molar-refractivity contribution in [3.05, 3.63) is 48.5 Å². The number of aromatic nitrogens is 5. The van der Waals surface area contributed by atoms with Crippen LogP contribution in [0.3, 0.4) is 0 Å². The normalized spacial score (nSPS) is 10.5. The molecule has 0 aliphatic rings. The first-order valence-electron chi connectivity index (χ1n) is 6.26. The van der Waals surface area contributed by atoms with Gasteiger partial charge in [0.05, 0.1) is 0 Å². The highest BCUT2D eigenvalue weighted by molar-refractivity contribution is 5.61. The molecule has 0 bridgehead atoms. The number of rotatable bonds is 3.